The zero-order valence-electron chi connectivity index (χ0n) is 15.9. The lowest BCUT2D eigenvalue weighted by atomic mass is 9.91. The second-order valence-electron chi connectivity index (χ2n) is 7.41. The number of hydrogen-bond acceptors (Lipinski definition) is 2. The van der Waals surface area contributed by atoms with Gasteiger partial charge in [0.05, 0.1) is 18.7 Å². The highest BCUT2D eigenvalue weighted by atomic mass is 16.5. The predicted octanol–water partition coefficient (Wildman–Crippen LogP) is 4.33. The van der Waals surface area contributed by atoms with Crippen molar-refractivity contribution < 1.29 is 9.53 Å². The average Bonchev–Trinajstić information content (AvgIpc) is 3.30. The third-order valence-electron chi connectivity index (χ3n) is 5.76. The standard InChI is InChI=1S/C23H23N3O2/c1-28-21-11-5-10-20-17(21)12-13-26(20)14-22(27)24-19-9-4-7-16-15-6-2-3-8-18(15)25-23(16)19/h2-3,5-6,8,10-13,19,25H,4,7,9,14H2,1H3,(H,24,27)/t19-/m0/s1. The number of para-hydroxylation sites is 1. The van der Waals surface area contributed by atoms with Gasteiger partial charge in [-0.05, 0) is 49.1 Å². The molecule has 1 atom stereocenters. The summed E-state index contributed by atoms with van der Waals surface area (Å²) in [5, 5.41) is 5.54. The topological polar surface area (TPSA) is 59.0 Å². The first-order valence-electron chi connectivity index (χ1n) is 9.75. The molecule has 4 aromatic rings. The molecule has 2 aromatic heterocycles. The van der Waals surface area contributed by atoms with Gasteiger partial charge in [0.25, 0.3) is 0 Å². The number of aromatic amines is 1. The van der Waals surface area contributed by atoms with Crippen molar-refractivity contribution in [2.75, 3.05) is 7.11 Å². The Morgan fingerprint density at radius 1 is 1.18 bits per heavy atom. The van der Waals surface area contributed by atoms with E-state index in [1.165, 1.54) is 16.6 Å². The monoisotopic (exact) mass is 373 g/mol. The van der Waals surface area contributed by atoms with Crippen molar-refractivity contribution in [1.82, 2.24) is 14.9 Å². The summed E-state index contributed by atoms with van der Waals surface area (Å²) in [5.41, 5.74) is 4.67. The molecular formula is C23H23N3O2. The van der Waals surface area contributed by atoms with Crippen molar-refractivity contribution in [1.29, 1.82) is 0 Å². The normalized spacial score (nSPS) is 16.2. The maximum absolute atomic E-state index is 12.8. The molecule has 0 saturated heterocycles. The molecular weight excluding hydrogens is 350 g/mol. The van der Waals surface area contributed by atoms with Gasteiger partial charge in [0.2, 0.25) is 5.91 Å². The summed E-state index contributed by atoms with van der Waals surface area (Å²) in [5.74, 6) is 0.850. The van der Waals surface area contributed by atoms with Crippen molar-refractivity contribution >= 4 is 27.7 Å². The Morgan fingerprint density at radius 3 is 2.96 bits per heavy atom. The summed E-state index contributed by atoms with van der Waals surface area (Å²) >= 11 is 0. The van der Waals surface area contributed by atoms with Crippen LogP contribution in [0.3, 0.4) is 0 Å². The molecule has 142 valence electrons. The van der Waals surface area contributed by atoms with Crippen molar-refractivity contribution in [3.63, 3.8) is 0 Å². The highest BCUT2D eigenvalue weighted by Crippen LogP contribution is 2.34. The fourth-order valence-corrected chi connectivity index (χ4v) is 4.47. The van der Waals surface area contributed by atoms with Crippen LogP contribution in [0.25, 0.3) is 21.8 Å². The molecule has 0 unspecified atom stereocenters. The SMILES string of the molecule is COc1cccc2c1ccn2CC(=O)N[C@H]1CCCc2c1[nH]c1ccccc21. The van der Waals surface area contributed by atoms with Crippen LogP contribution >= 0.6 is 0 Å². The van der Waals surface area contributed by atoms with Gasteiger partial charge >= 0.3 is 0 Å². The van der Waals surface area contributed by atoms with Crippen molar-refractivity contribution in [2.24, 2.45) is 0 Å². The molecule has 5 heteroatoms. The summed E-state index contributed by atoms with van der Waals surface area (Å²) in [6, 6.07) is 16.3. The lowest BCUT2D eigenvalue weighted by Gasteiger charge is -2.24. The van der Waals surface area contributed by atoms with Gasteiger partial charge in [0.15, 0.2) is 0 Å². The minimum Gasteiger partial charge on any atom is -0.496 e. The number of benzene rings is 2. The van der Waals surface area contributed by atoms with Gasteiger partial charge in [0.1, 0.15) is 12.3 Å². The second kappa shape index (κ2) is 6.75. The molecule has 5 nitrogen and oxygen atoms in total. The number of carbonyl (C=O) groups is 1. The van der Waals surface area contributed by atoms with Crippen LogP contribution in [0.2, 0.25) is 0 Å². The molecule has 2 heterocycles. The summed E-state index contributed by atoms with van der Waals surface area (Å²) in [6.45, 7) is 0.294. The van der Waals surface area contributed by atoms with E-state index in [9.17, 15) is 4.79 Å². The summed E-state index contributed by atoms with van der Waals surface area (Å²) in [4.78, 5) is 16.4. The zero-order valence-corrected chi connectivity index (χ0v) is 15.9. The lowest BCUT2D eigenvalue weighted by Crippen LogP contribution is -2.33. The molecule has 5 rings (SSSR count). The second-order valence-corrected chi connectivity index (χ2v) is 7.41. The Labute approximate surface area is 163 Å². The molecule has 0 spiro atoms. The number of amides is 1. The maximum atomic E-state index is 12.8. The Hall–Kier alpha value is -3.21. The van der Waals surface area contributed by atoms with E-state index in [2.05, 4.69) is 28.5 Å². The number of methoxy groups -OCH3 is 1. The smallest absolute Gasteiger partial charge is 0.240 e. The van der Waals surface area contributed by atoms with Crippen LogP contribution in [-0.2, 0) is 17.8 Å². The highest BCUT2D eigenvalue weighted by molar-refractivity contribution is 5.88. The number of fused-ring (bicyclic) bond motifs is 4. The summed E-state index contributed by atoms with van der Waals surface area (Å²) in [6.07, 6.45) is 5.06. The van der Waals surface area contributed by atoms with E-state index < -0.39 is 0 Å². The fourth-order valence-electron chi connectivity index (χ4n) is 4.47. The third-order valence-corrected chi connectivity index (χ3v) is 5.76. The van der Waals surface area contributed by atoms with Gasteiger partial charge in [0, 0.05) is 28.2 Å². The third kappa shape index (κ3) is 2.74. The number of H-pyrrole nitrogens is 1. The molecule has 1 amide bonds. The number of carbonyl (C=O) groups excluding carboxylic acids is 1. The number of rotatable bonds is 4. The molecule has 1 aliphatic rings. The predicted molar refractivity (Wildman–Crippen MR) is 111 cm³/mol. The average molecular weight is 373 g/mol. The van der Waals surface area contributed by atoms with E-state index in [1.807, 2.05) is 41.1 Å². The largest absolute Gasteiger partial charge is 0.496 e. The molecule has 0 aliphatic heterocycles. The zero-order chi connectivity index (χ0) is 19.1. The van der Waals surface area contributed by atoms with Crippen molar-refractivity contribution in [3.05, 3.63) is 66.0 Å². The number of ether oxygens (including phenoxy) is 1. The maximum Gasteiger partial charge on any atom is 0.240 e. The van der Waals surface area contributed by atoms with Crippen LogP contribution in [0.1, 0.15) is 30.1 Å². The van der Waals surface area contributed by atoms with Gasteiger partial charge in [-0.2, -0.15) is 0 Å². The van der Waals surface area contributed by atoms with Gasteiger partial charge in [-0.3, -0.25) is 4.79 Å². The van der Waals surface area contributed by atoms with E-state index in [0.29, 0.717) is 6.54 Å². The Kier molecular flexibility index (Phi) is 4.08. The van der Waals surface area contributed by atoms with Gasteiger partial charge in [-0.25, -0.2) is 0 Å². The molecule has 2 aromatic carbocycles. The number of aromatic nitrogens is 2. The van der Waals surface area contributed by atoms with Crippen LogP contribution in [0, 0.1) is 0 Å². The van der Waals surface area contributed by atoms with Crippen molar-refractivity contribution in [3.8, 4) is 5.75 Å². The molecule has 1 aliphatic carbocycles. The minimum absolute atomic E-state index is 0.0248. The van der Waals surface area contributed by atoms with Crippen molar-refractivity contribution in [2.45, 2.75) is 31.8 Å². The number of nitrogens with one attached hydrogen (secondary N) is 2. The first-order valence-corrected chi connectivity index (χ1v) is 9.75. The summed E-state index contributed by atoms with van der Waals surface area (Å²) < 4.78 is 7.39. The number of hydrogen-bond donors (Lipinski definition) is 2. The summed E-state index contributed by atoms with van der Waals surface area (Å²) in [7, 11) is 1.67. The first-order chi connectivity index (χ1) is 13.7. The molecule has 0 saturated carbocycles. The number of nitrogens with zero attached hydrogens (tertiary/aromatic N) is 1. The van der Waals surface area contributed by atoms with Crippen LogP contribution in [0.15, 0.2) is 54.7 Å². The Balaban J connectivity index is 1.39. The molecule has 28 heavy (non-hydrogen) atoms. The molecule has 0 radical (unpaired) electrons. The first kappa shape index (κ1) is 16.9. The van der Waals surface area contributed by atoms with Gasteiger partial charge < -0.3 is 19.6 Å². The number of aryl methyl sites for hydroxylation is 1. The van der Waals surface area contributed by atoms with Gasteiger partial charge in [-0.15, -0.1) is 0 Å². The Morgan fingerprint density at radius 2 is 2.07 bits per heavy atom. The van der Waals surface area contributed by atoms with E-state index in [-0.39, 0.29) is 11.9 Å². The van der Waals surface area contributed by atoms with Crippen LogP contribution in [-0.4, -0.2) is 22.6 Å². The van der Waals surface area contributed by atoms with E-state index in [1.54, 1.807) is 7.11 Å². The van der Waals surface area contributed by atoms with E-state index in [4.69, 9.17) is 4.74 Å². The fraction of sp³-hybridized carbons (Fsp3) is 0.261. The van der Waals surface area contributed by atoms with E-state index in [0.717, 1.165) is 41.4 Å². The molecule has 2 N–H and O–H groups in total. The highest BCUT2D eigenvalue weighted by Gasteiger charge is 2.25. The molecule has 0 bridgehead atoms. The minimum atomic E-state index is 0.0248. The lowest BCUT2D eigenvalue weighted by molar-refractivity contribution is -0.122. The van der Waals surface area contributed by atoms with Crippen LogP contribution < -0.4 is 10.1 Å². The van der Waals surface area contributed by atoms with Gasteiger partial charge in [-0.1, -0.05) is 24.3 Å². The van der Waals surface area contributed by atoms with E-state index >= 15 is 0 Å². The quantitative estimate of drug-likeness (QED) is 0.559. The molecule has 0 fully saturated rings. The van der Waals surface area contributed by atoms with Crippen LogP contribution in [0.4, 0.5) is 0 Å². The Bertz CT molecular complexity index is 1170. The van der Waals surface area contributed by atoms with Crippen LogP contribution in [0.5, 0.6) is 5.75 Å².